The van der Waals surface area contributed by atoms with Gasteiger partial charge in [0, 0.05) is 13.0 Å². The summed E-state index contributed by atoms with van der Waals surface area (Å²) in [6, 6.07) is -1.49. The molecule has 366 valence electrons. The zero-order chi connectivity index (χ0) is 47.6. The van der Waals surface area contributed by atoms with Gasteiger partial charge in [-0.15, -0.1) is 0 Å². The van der Waals surface area contributed by atoms with Gasteiger partial charge in [0.15, 0.2) is 0 Å². The quantitative estimate of drug-likeness (QED) is 0.0233. The van der Waals surface area contributed by atoms with E-state index in [1.807, 2.05) is 0 Å². The number of aliphatic carboxylic acids is 1. The van der Waals surface area contributed by atoms with Gasteiger partial charge in [0.25, 0.3) is 0 Å². The highest BCUT2D eigenvalue weighted by molar-refractivity contribution is 7.47. The number of nitrogens with two attached hydrogens (primary N) is 1. The van der Waals surface area contributed by atoms with E-state index in [2.05, 4.69) is 148 Å². The first-order valence-electron chi connectivity index (χ1n) is 24.2. The van der Waals surface area contributed by atoms with Crippen molar-refractivity contribution in [3.63, 3.8) is 0 Å². The van der Waals surface area contributed by atoms with E-state index < -0.39 is 45.1 Å². The molecular formula is C54H86NO9P. The molecule has 0 heterocycles. The Hall–Kier alpha value is -3.89. The van der Waals surface area contributed by atoms with Crippen molar-refractivity contribution in [3.8, 4) is 0 Å². The van der Waals surface area contributed by atoms with Crippen LogP contribution >= 0.6 is 7.82 Å². The molecule has 0 radical (unpaired) electrons. The monoisotopic (exact) mass is 924 g/mol. The standard InChI is InChI=1S/C54H86NO9P/c1-3-5-7-9-11-13-15-17-19-21-23-25-26-27-28-30-32-34-36-38-40-42-44-46-53(56)64-51(49-62-65(59,60)63-50-52(55)54(57)58)48-61-47-45-43-41-39-37-35-33-31-29-24-22-20-18-16-14-12-10-8-6-4-2/h5-8,11-14,17-20,23-25,27-29,32-35,51-52H,3-4,9-10,15-16,21-22,26,30-31,36-50,55H2,1-2H3,(H,57,58)(H,59,60)/b7-5-,8-6-,13-11-,14-12-,19-17-,20-18-,25-23-,28-27-,29-24-,34-32-,35-33-. The molecule has 0 aromatic carbocycles. The van der Waals surface area contributed by atoms with Crippen molar-refractivity contribution in [1.29, 1.82) is 0 Å². The van der Waals surface area contributed by atoms with Crippen molar-refractivity contribution in [2.75, 3.05) is 26.4 Å². The molecule has 4 N–H and O–H groups in total. The summed E-state index contributed by atoms with van der Waals surface area (Å²) < 4.78 is 33.4. The van der Waals surface area contributed by atoms with Crippen LogP contribution in [0.1, 0.15) is 155 Å². The van der Waals surface area contributed by atoms with Crippen molar-refractivity contribution >= 4 is 19.8 Å². The average Bonchev–Trinajstić information content (AvgIpc) is 3.29. The molecule has 0 amide bonds. The number of carbonyl (C=O) groups is 2. The van der Waals surface area contributed by atoms with Gasteiger partial charge in [0.1, 0.15) is 12.1 Å². The van der Waals surface area contributed by atoms with Gasteiger partial charge in [0.2, 0.25) is 0 Å². The number of phosphoric acid groups is 1. The molecule has 0 bridgehead atoms. The van der Waals surface area contributed by atoms with E-state index in [1.165, 1.54) is 0 Å². The van der Waals surface area contributed by atoms with Crippen molar-refractivity contribution in [2.24, 2.45) is 5.73 Å². The Morgan fingerprint density at radius 3 is 1.25 bits per heavy atom. The number of esters is 1. The summed E-state index contributed by atoms with van der Waals surface area (Å²) in [4.78, 5) is 33.7. The van der Waals surface area contributed by atoms with Crippen LogP contribution in [0, 0.1) is 0 Å². The maximum atomic E-state index is 12.7. The van der Waals surface area contributed by atoms with Gasteiger partial charge in [-0.2, -0.15) is 0 Å². The maximum Gasteiger partial charge on any atom is 0.472 e. The molecule has 0 aliphatic heterocycles. The minimum Gasteiger partial charge on any atom is -0.480 e. The molecular weight excluding hydrogens is 838 g/mol. The Bertz CT molecular complexity index is 1540. The number of hydrogen-bond donors (Lipinski definition) is 3. The summed E-state index contributed by atoms with van der Waals surface area (Å²) in [6.45, 7) is 3.53. The molecule has 65 heavy (non-hydrogen) atoms. The summed E-state index contributed by atoms with van der Waals surface area (Å²) in [7, 11) is -4.65. The fourth-order valence-electron chi connectivity index (χ4n) is 5.75. The molecule has 0 aromatic rings. The Balaban J connectivity index is 4.34. The highest BCUT2D eigenvalue weighted by Gasteiger charge is 2.27. The van der Waals surface area contributed by atoms with Crippen LogP contribution in [-0.4, -0.2) is 60.5 Å². The molecule has 0 fully saturated rings. The van der Waals surface area contributed by atoms with E-state index >= 15 is 0 Å². The van der Waals surface area contributed by atoms with Crippen LogP contribution in [0.3, 0.4) is 0 Å². The molecule has 10 nitrogen and oxygen atoms in total. The van der Waals surface area contributed by atoms with Gasteiger partial charge >= 0.3 is 19.8 Å². The number of carboxylic acid groups (broad SMARTS) is 1. The molecule has 0 aromatic heterocycles. The smallest absolute Gasteiger partial charge is 0.472 e. The zero-order valence-corrected chi connectivity index (χ0v) is 40.9. The van der Waals surface area contributed by atoms with Crippen molar-refractivity contribution in [3.05, 3.63) is 134 Å². The number of hydrogen-bond acceptors (Lipinski definition) is 8. The SMILES string of the molecule is CC/C=C\C/C=C\C/C=C\C/C=C\C/C=C\C/C=C\CCCCCCC(=O)OC(COCCCCCC/C=C\C/C=C\C/C=C\C/C=C\C/C=C\CC)COP(=O)(O)OCC(N)C(=O)O. The molecule has 0 spiro atoms. The van der Waals surface area contributed by atoms with Gasteiger partial charge < -0.3 is 25.2 Å². The van der Waals surface area contributed by atoms with Crippen LogP contribution in [0.4, 0.5) is 0 Å². The zero-order valence-electron chi connectivity index (χ0n) is 40.0. The number of phosphoric ester groups is 1. The molecule has 0 aliphatic rings. The molecule has 0 saturated carbocycles. The Labute approximate surface area is 394 Å². The lowest BCUT2D eigenvalue weighted by atomic mass is 10.1. The number of allylic oxidation sites excluding steroid dienone is 22. The predicted molar refractivity (Wildman–Crippen MR) is 272 cm³/mol. The lowest BCUT2D eigenvalue weighted by molar-refractivity contribution is -0.154. The third-order valence-electron chi connectivity index (χ3n) is 9.43. The Morgan fingerprint density at radius 2 is 0.846 bits per heavy atom. The summed E-state index contributed by atoms with van der Waals surface area (Å²) in [6.07, 6.45) is 67.9. The van der Waals surface area contributed by atoms with E-state index in [4.69, 9.17) is 29.4 Å². The van der Waals surface area contributed by atoms with Crippen molar-refractivity contribution < 1.29 is 42.7 Å². The van der Waals surface area contributed by atoms with Crippen molar-refractivity contribution in [2.45, 2.75) is 167 Å². The van der Waals surface area contributed by atoms with E-state index in [-0.39, 0.29) is 13.0 Å². The largest absolute Gasteiger partial charge is 0.480 e. The molecule has 0 rings (SSSR count). The van der Waals surface area contributed by atoms with Crippen LogP contribution in [0.25, 0.3) is 0 Å². The number of ether oxygens (including phenoxy) is 2. The summed E-state index contributed by atoms with van der Waals surface area (Å²) in [5, 5.41) is 8.92. The lowest BCUT2D eigenvalue weighted by Gasteiger charge is -2.20. The van der Waals surface area contributed by atoms with Gasteiger partial charge in [-0.25, -0.2) is 4.57 Å². The third kappa shape index (κ3) is 47.9. The topological polar surface area (TPSA) is 155 Å². The fraction of sp³-hybridized carbons (Fsp3) is 0.556. The van der Waals surface area contributed by atoms with E-state index in [9.17, 15) is 19.0 Å². The first-order chi connectivity index (χ1) is 31.7. The molecule has 3 atom stereocenters. The van der Waals surface area contributed by atoms with E-state index in [0.717, 1.165) is 128 Å². The minimum atomic E-state index is -4.65. The van der Waals surface area contributed by atoms with Gasteiger partial charge in [0.05, 0.1) is 19.8 Å². The third-order valence-corrected chi connectivity index (χ3v) is 10.4. The second-order valence-corrected chi connectivity index (χ2v) is 16.9. The Kier molecular flexibility index (Phi) is 45.2. The highest BCUT2D eigenvalue weighted by atomic mass is 31.2. The predicted octanol–water partition coefficient (Wildman–Crippen LogP) is 14.2. The van der Waals surface area contributed by atoms with Gasteiger partial charge in [-0.1, -0.05) is 173 Å². The summed E-state index contributed by atoms with van der Waals surface area (Å²) in [5.41, 5.74) is 5.37. The normalized spacial score (nSPS) is 14.9. The van der Waals surface area contributed by atoms with Crippen molar-refractivity contribution in [1.82, 2.24) is 0 Å². The molecule has 11 heteroatoms. The number of rotatable bonds is 44. The first kappa shape index (κ1) is 61.1. The van der Waals surface area contributed by atoms with E-state index in [1.54, 1.807) is 0 Å². The second kappa shape index (κ2) is 48.1. The molecule has 3 unspecified atom stereocenters. The maximum absolute atomic E-state index is 12.7. The number of carboxylic acids is 1. The van der Waals surface area contributed by atoms with E-state index in [0.29, 0.717) is 13.0 Å². The Morgan fingerprint density at radius 1 is 0.492 bits per heavy atom. The first-order valence-corrected chi connectivity index (χ1v) is 25.7. The second-order valence-electron chi connectivity index (χ2n) is 15.5. The van der Waals surface area contributed by atoms with Crippen LogP contribution < -0.4 is 5.73 Å². The van der Waals surface area contributed by atoms with Crippen LogP contribution in [-0.2, 0) is 32.7 Å². The van der Waals surface area contributed by atoms with Gasteiger partial charge in [-0.05, 0) is 109 Å². The van der Waals surface area contributed by atoms with Crippen LogP contribution in [0.2, 0.25) is 0 Å². The minimum absolute atomic E-state index is 0.0215. The van der Waals surface area contributed by atoms with Gasteiger partial charge in [-0.3, -0.25) is 18.6 Å². The number of unbranched alkanes of at least 4 members (excludes halogenated alkanes) is 8. The average molecular weight is 924 g/mol. The lowest BCUT2D eigenvalue weighted by Crippen LogP contribution is -2.34. The summed E-state index contributed by atoms with van der Waals surface area (Å²) in [5.74, 6) is -1.83. The van der Waals surface area contributed by atoms with Crippen LogP contribution in [0.15, 0.2) is 134 Å². The molecule has 0 aliphatic carbocycles. The number of carbonyl (C=O) groups excluding carboxylic acids is 1. The summed E-state index contributed by atoms with van der Waals surface area (Å²) >= 11 is 0. The highest BCUT2D eigenvalue weighted by Crippen LogP contribution is 2.43. The fourth-order valence-corrected chi connectivity index (χ4v) is 6.53. The molecule has 0 saturated heterocycles. The van der Waals surface area contributed by atoms with Crippen LogP contribution in [0.5, 0.6) is 0 Å².